The number of aromatic nitrogens is 2. The zero-order valence-electron chi connectivity index (χ0n) is 16.8. The third kappa shape index (κ3) is 3.94. The second kappa shape index (κ2) is 7.95. The monoisotopic (exact) mass is 392 g/mol. The van der Waals surface area contributed by atoms with Crippen molar-refractivity contribution in [3.05, 3.63) is 59.5 Å². The van der Waals surface area contributed by atoms with Crippen LogP contribution in [0.4, 0.5) is 10.5 Å². The van der Waals surface area contributed by atoms with E-state index >= 15 is 0 Å². The molecule has 150 valence electrons. The van der Waals surface area contributed by atoms with Gasteiger partial charge in [-0.3, -0.25) is 0 Å². The van der Waals surface area contributed by atoms with E-state index in [0.717, 1.165) is 41.0 Å². The first-order valence-corrected chi connectivity index (χ1v) is 9.68. The molecule has 1 aromatic heterocycles. The molecule has 7 heteroatoms. The van der Waals surface area contributed by atoms with E-state index in [1.165, 1.54) is 0 Å². The lowest BCUT2D eigenvalue weighted by Gasteiger charge is -2.22. The van der Waals surface area contributed by atoms with E-state index in [0.29, 0.717) is 18.3 Å². The Balaban J connectivity index is 1.52. The number of nitrogens with zero attached hydrogens (tertiary/aromatic N) is 3. The van der Waals surface area contributed by atoms with E-state index in [-0.39, 0.29) is 12.1 Å². The Morgan fingerprint density at radius 1 is 1.24 bits per heavy atom. The number of likely N-dealkylation sites (tertiary alicyclic amines) is 1. The zero-order chi connectivity index (χ0) is 20.4. The summed E-state index contributed by atoms with van der Waals surface area (Å²) in [6.07, 6.45) is 1.68. The standard InChI is InChI=1S/C22H24N4O3/c1-14-9-10-18(15(2)12-14)23-22(27)26-11-5-8-19(26)21-24-20(25-29-21)16-6-4-7-17(13-16)28-3/h4,6-7,9-10,12-13,19H,5,8,11H2,1-3H3,(H,23,27)/t19-/m0/s1. The molecule has 1 saturated heterocycles. The summed E-state index contributed by atoms with van der Waals surface area (Å²) in [6.45, 7) is 4.67. The molecule has 0 aliphatic carbocycles. The van der Waals surface area contributed by atoms with Gasteiger partial charge in [-0.1, -0.05) is 35.0 Å². The molecule has 3 aromatic rings. The molecule has 29 heavy (non-hydrogen) atoms. The fraction of sp³-hybridized carbons (Fsp3) is 0.318. The average Bonchev–Trinajstić information content (AvgIpc) is 3.39. The van der Waals surface area contributed by atoms with Gasteiger partial charge in [0.15, 0.2) is 0 Å². The van der Waals surface area contributed by atoms with Gasteiger partial charge in [0.05, 0.1) is 7.11 Å². The van der Waals surface area contributed by atoms with Gasteiger partial charge in [-0.15, -0.1) is 0 Å². The fourth-order valence-corrected chi connectivity index (χ4v) is 3.66. The smallest absolute Gasteiger partial charge is 0.322 e. The topological polar surface area (TPSA) is 80.5 Å². The number of carbonyl (C=O) groups excluding carboxylic acids is 1. The molecule has 0 saturated carbocycles. The highest BCUT2D eigenvalue weighted by Crippen LogP contribution is 2.33. The third-order valence-electron chi connectivity index (χ3n) is 5.19. The van der Waals surface area contributed by atoms with E-state index in [1.807, 2.05) is 50.2 Å². The van der Waals surface area contributed by atoms with Crippen LogP contribution < -0.4 is 10.1 Å². The number of hydrogen-bond acceptors (Lipinski definition) is 5. The Labute approximate surface area is 169 Å². The van der Waals surface area contributed by atoms with Crippen LogP contribution in [0.1, 0.15) is 35.9 Å². The predicted molar refractivity (Wildman–Crippen MR) is 110 cm³/mol. The van der Waals surface area contributed by atoms with Crippen LogP contribution in [-0.4, -0.2) is 34.7 Å². The second-order valence-electron chi connectivity index (χ2n) is 7.29. The molecule has 2 aromatic carbocycles. The van der Waals surface area contributed by atoms with Crippen LogP contribution in [0.5, 0.6) is 5.75 Å². The third-order valence-corrected chi connectivity index (χ3v) is 5.19. The van der Waals surface area contributed by atoms with Crippen LogP contribution >= 0.6 is 0 Å². The summed E-state index contributed by atoms with van der Waals surface area (Å²) < 4.78 is 10.8. The van der Waals surface area contributed by atoms with Crippen molar-refractivity contribution >= 4 is 11.7 Å². The minimum Gasteiger partial charge on any atom is -0.497 e. The van der Waals surface area contributed by atoms with Crippen LogP contribution in [0.2, 0.25) is 0 Å². The van der Waals surface area contributed by atoms with Gasteiger partial charge in [0.2, 0.25) is 11.7 Å². The predicted octanol–water partition coefficient (Wildman–Crippen LogP) is 4.73. The number of benzene rings is 2. The number of carbonyl (C=O) groups is 1. The van der Waals surface area contributed by atoms with Crippen LogP contribution in [0, 0.1) is 13.8 Å². The summed E-state index contributed by atoms with van der Waals surface area (Å²) in [4.78, 5) is 19.2. The molecule has 1 N–H and O–H groups in total. The van der Waals surface area contributed by atoms with E-state index in [4.69, 9.17) is 9.26 Å². The highest BCUT2D eigenvalue weighted by molar-refractivity contribution is 5.90. The normalized spacial score (nSPS) is 16.1. The van der Waals surface area contributed by atoms with Crippen LogP contribution in [0.25, 0.3) is 11.4 Å². The first kappa shape index (κ1) is 19.0. The van der Waals surface area contributed by atoms with Crippen molar-refractivity contribution in [2.24, 2.45) is 0 Å². The molecule has 0 spiro atoms. The lowest BCUT2D eigenvalue weighted by molar-refractivity contribution is 0.193. The SMILES string of the molecule is COc1cccc(-c2noc([C@@H]3CCCN3C(=O)Nc3ccc(C)cc3C)n2)c1. The van der Waals surface area contributed by atoms with Gasteiger partial charge >= 0.3 is 6.03 Å². The van der Waals surface area contributed by atoms with E-state index in [2.05, 4.69) is 21.5 Å². The highest BCUT2D eigenvalue weighted by Gasteiger charge is 2.34. The van der Waals surface area contributed by atoms with Gasteiger partial charge in [-0.2, -0.15) is 4.98 Å². The number of nitrogens with one attached hydrogen (secondary N) is 1. The molecule has 0 bridgehead atoms. The van der Waals surface area contributed by atoms with Gasteiger partial charge in [0.1, 0.15) is 11.8 Å². The molecule has 1 aliphatic heterocycles. The summed E-state index contributed by atoms with van der Waals surface area (Å²) in [7, 11) is 1.62. The van der Waals surface area contributed by atoms with Crippen molar-refractivity contribution in [2.45, 2.75) is 32.7 Å². The average molecular weight is 392 g/mol. The number of methoxy groups -OCH3 is 1. The van der Waals surface area contributed by atoms with Crippen molar-refractivity contribution in [3.63, 3.8) is 0 Å². The number of amides is 2. The van der Waals surface area contributed by atoms with Crippen LogP contribution in [-0.2, 0) is 0 Å². The van der Waals surface area contributed by atoms with E-state index < -0.39 is 0 Å². The minimum atomic E-state index is -0.229. The van der Waals surface area contributed by atoms with E-state index in [9.17, 15) is 4.79 Å². The quantitative estimate of drug-likeness (QED) is 0.694. The summed E-state index contributed by atoms with van der Waals surface area (Å²) in [6, 6.07) is 13.1. The van der Waals surface area contributed by atoms with E-state index in [1.54, 1.807) is 12.0 Å². The van der Waals surface area contributed by atoms with Gasteiger partial charge in [0.25, 0.3) is 0 Å². The zero-order valence-corrected chi connectivity index (χ0v) is 16.8. The minimum absolute atomic E-state index is 0.152. The lowest BCUT2D eigenvalue weighted by atomic mass is 10.1. The molecule has 2 amide bonds. The Kier molecular flexibility index (Phi) is 5.20. The summed E-state index contributed by atoms with van der Waals surface area (Å²) in [5, 5.41) is 7.12. The summed E-state index contributed by atoms with van der Waals surface area (Å²) in [5.74, 6) is 1.67. The molecule has 1 aliphatic rings. The maximum atomic E-state index is 12.9. The van der Waals surface area contributed by atoms with Crippen LogP contribution in [0.15, 0.2) is 47.0 Å². The maximum absolute atomic E-state index is 12.9. The molecule has 1 atom stereocenters. The molecule has 4 rings (SSSR count). The highest BCUT2D eigenvalue weighted by atomic mass is 16.5. The van der Waals surface area contributed by atoms with Crippen molar-refractivity contribution in [3.8, 4) is 17.1 Å². The van der Waals surface area contributed by atoms with Gasteiger partial charge in [0, 0.05) is 17.8 Å². The largest absolute Gasteiger partial charge is 0.497 e. The number of ether oxygens (including phenoxy) is 1. The van der Waals surface area contributed by atoms with Crippen molar-refractivity contribution < 1.29 is 14.1 Å². The van der Waals surface area contributed by atoms with Crippen molar-refractivity contribution in [1.82, 2.24) is 15.0 Å². The molecule has 1 fully saturated rings. The first-order chi connectivity index (χ1) is 14.0. The molecular formula is C22H24N4O3. The van der Waals surface area contributed by atoms with Crippen molar-refractivity contribution in [2.75, 3.05) is 19.0 Å². The Bertz CT molecular complexity index is 1030. The van der Waals surface area contributed by atoms with Gasteiger partial charge < -0.3 is 19.5 Å². The maximum Gasteiger partial charge on any atom is 0.322 e. The lowest BCUT2D eigenvalue weighted by Crippen LogP contribution is -2.34. The molecular weight excluding hydrogens is 368 g/mol. The number of rotatable bonds is 4. The fourth-order valence-electron chi connectivity index (χ4n) is 3.66. The molecule has 0 radical (unpaired) electrons. The number of hydrogen-bond donors (Lipinski definition) is 1. The Hall–Kier alpha value is -3.35. The molecule has 0 unspecified atom stereocenters. The first-order valence-electron chi connectivity index (χ1n) is 9.68. The second-order valence-corrected chi connectivity index (χ2v) is 7.29. The molecule has 7 nitrogen and oxygen atoms in total. The Morgan fingerprint density at radius 3 is 2.90 bits per heavy atom. The van der Waals surface area contributed by atoms with Gasteiger partial charge in [-0.05, 0) is 50.5 Å². The van der Waals surface area contributed by atoms with Crippen molar-refractivity contribution in [1.29, 1.82) is 0 Å². The summed E-state index contributed by atoms with van der Waals surface area (Å²) >= 11 is 0. The van der Waals surface area contributed by atoms with Crippen LogP contribution in [0.3, 0.4) is 0 Å². The number of urea groups is 1. The summed E-state index contributed by atoms with van der Waals surface area (Å²) in [5.41, 5.74) is 3.82. The van der Waals surface area contributed by atoms with Gasteiger partial charge in [-0.25, -0.2) is 4.79 Å². The Morgan fingerprint density at radius 2 is 2.10 bits per heavy atom. The molecule has 2 heterocycles. The number of aryl methyl sites for hydroxylation is 2. The number of anilines is 1.